The first kappa shape index (κ1) is 23.5. The minimum Gasteiger partial charge on any atom is -0.495 e. The third-order valence-corrected chi connectivity index (χ3v) is 7.20. The average Bonchev–Trinajstić information content (AvgIpc) is 2.79. The highest BCUT2D eigenvalue weighted by Crippen LogP contribution is 2.30. The van der Waals surface area contributed by atoms with Gasteiger partial charge in [-0.3, -0.25) is 4.79 Å². The first-order chi connectivity index (χ1) is 15.1. The van der Waals surface area contributed by atoms with Crippen molar-refractivity contribution >= 4 is 21.6 Å². The lowest BCUT2D eigenvalue weighted by Gasteiger charge is -2.22. The number of ether oxygens (including phenoxy) is 1. The van der Waals surface area contributed by atoms with Gasteiger partial charge in [0.25, 0.3) is 5.91 Å². The molecule has 0 spiro atoms. The van der Waals surface area contributed by atoms with Crippen molar-refractivity contribution in [3.8, 4) is 5.75 Å². The van der Waals surface area contributed by atoms with E-state index in [1.54, 1.807) is 13.1 Å². The smallest absolute Gasteiger partial charge is 0.258 e. The normalized spacial score (nSPS) is 11.4. The maximum Gasteiger partial charge on any atom is 0.258 e. The van der Waals surface area contributed by atoms with Crippen molar-refractivity contribution in [1.29, 1.82) is 0 Å². The van der Waals surface area contributed by atoms with Crippen molar-refractivity contribution < 1.29 is 17.9 Å². The van der Waals surface area contributed by atoms with Crippen LogP contribution in [0.1, 0.15) is 27.0 Å². The van der Waals surface area contributed by atoms with Crippen molar-refractivity contribution in [1.82, 2.24) is 4.31 Å². The van der Waals surface area contributed by atoms with E-state index in [1.165, 1.54) is 35.5 Å². The van der Waals surface area contributed by atoms with Crippen LogP contribution in [0.4, 0.5) is 5.69 Å². The van der Waals surface area contributed by atoms with Crippen molar-refractivity contribution in [2.75, 3.05) is 26.1 Å². The molecule has 3 rings (SSSR count). The van der Waals surface area contributed by atoms with Gasteiger partial charge in [0.2, 0.25) is 10.0 Å². The van der Waals surface area contributed by atoms with Crippen LogP contribution in [0.25, 0.3) is 0 Å². The summed E-state index contributed by atoms with van der Waals surface area (Å²) >= 11 is 0. The highest BCUT2D eigenvalue weighted by atomic mass is 32.2. The van der Waals surface area contributed by atoms with Crippen LogP contribution >= 0.6 is 0 Å². The molecule has 0 heterocycles. The molecule has 0 N–H and O–H groups in total. The Balaban J connectivity index is 1.97. The molecule has 0 aliphatic heterocycles. The molecule has 0 bridgehead atoms. The van der Waals surface area contributed by atoms with Crippen molar-refractivity contribution in [3.63, 3.8) is 0 Å². The van der Waals surface area contributed by atoms with Gasteiger partial charge in [-0.2, -0.15) is 4.31 Å². The van der Waals surface area contributed by atoms with E-state index >= 15 is 0 Å². The number of benzene rings is 3. The molecule has 0 unspecified atom stereocenters. The van der Waals surface area contributed by atoms with E-state index < -0.39 is 10.0 Å². The van der Waals surface area contributed by atoms with E-state index in [4.69, 9.17) is 4.74 Å². The number of rotatable bonds is 7. The van der Waals surface area contributed by atoms with E-state index in [-0.39, 0.29) is 28.7 Å². The van der Waals surface area contributed by atoms with E-state index in [2.05, 4.69) is 0 Å². The van der Waals surface area contributed by atoms with Crippen LogP contribution < -0.4 is 9.64 Å². The first-order valence-electron chi connectivity index (χ1n) is 10.2. The summed E-state index contributed by atoms with van der Waals surface area (Å²) in [6, 6.07) is 19.7. The lowest BCUT2D eigenvalue weighted by molar-refractivity contribution is 0.0992. The average molecular weight is 453 g/mol. The third kappa shape index (κ3) is 4.84. The highest BCUT2D eigenvalue weighted by molar-refractivity contribution is 7.89. The molecule has 0 aliphatic rings. The summed E-state index contributed by atoms with van der Waals surface area (Å²) in [5.74, 6) is -0.112. The summed E-state index contributed by atoms with van der Waals surface area (Å²) in [7, 11) is 0.705. The lowest BCUT2D eigenvalue weighted by Crippen LogP contribution is -2.29. The van der Waals surface area contributed by atoms with Crippen molar-refractivity contribution in [2.24, 2.45) is 0 Å². The second-order valence-corrected chi connectivity index (χ2v) is 9.78. The minimum absolute atomic E-state index is 0.0429. The van der Waals surface area contributed by atoms with Crippen LogP contribution in [0.2, 0.25) is 0 Å². The Bertz CT molecular complexity index is 1220. The molecule has 1 amide bonds. The number of hydrogen-bond donors (Lipinski definition) is 0. The number of methoxy groups -OCH3 is 1. The van der Waals surface area contributed by atoms with Crippen molar-refractivity contribution in [3.05, 3.63) is 89.0 Å². The fraction of sp³-hybridized carbons (Fsp3) is 0.240. The molecule has 6 nitrogen and oxygen atoms in total. The molecule has 0 aliphatic carbocycles. The summed E-state index contributed by atoms with van der Waals surface area (Å²) < 4.78 is 33.3. The number of nitrogens with zero attached hydrogens (tertiary/aromatic N) is 2. The molecule has 3 aromatic carbocycles. The Morgan fingerprint density at radius 1 is 0.938 bits per heavy atom. The number of anilines is 1. The van der Waals surface area contributed by atoms with E-state index in [0.29, 0.717) is 0 Å². The van der Waals surface area contributed by atoms with Crippen LogP contribution in [-0.2, 0) is 16.6 Å². The fourth-order valence-electron chi connectivity index (χ4n) is 3.49. The summed E-state index contributed by atoms with van der Waals surface area (Å²) in [5, 5.41) is 0. The third-order valence-electron chi connectivity index (χ3n) is 5.38. The van der Waals surface area contributed by atoms with Crippen LogP contribution in [0, 0.1) is 13.8 Å². The predicted octanol–water partition coefficient (Wildman–Crippen LogP) is 4.41. The molecule has 0 radical (unpaired) electrons. The molecule has 32 heavy (non-hydrogen) atoms. The van der Waals surface area contributed by atoms with Gasteiger partial charge >= 0.3 is 0 Å². The van der Waals surface area contributed by atoms with Gasteiger partial charge in [0.1, 0.15) is 10.6 Å². The van der Waals surface area contributed by atoms with Crippen LogP contribution in [0.3, 0.4) is 0 Å². The molecular weight excluding hydrogens is 424 g/mol. The number of carbonyl (C=O) groups excluding carboxylic acids is 1. The van der Waals surface area contributed by atoms with Gasteiger partial charge in [-0.15, -0.1) is 0 Å². The maximum atomic E-state index is 13.4. The molecule has 168 valence electrons. The molecule has 0 saturated heterocycles. The second kappa shape index (κ2) is 9.54. The molecule has 3 aromatic rings. The zero-order valence-electron chi connectivity index (χ0n) is 19.0. The number of sulfonamides is 1. The Labute approximate surface area is 190 Å². The Hall–Kier alpha value is -3.16. The SMILES string of the molecule is COc1ccc(C(=O)N(C)c2cc(C)ccc2C)cc1S(=O)(=O)N(C)Cc1ccccc1. The zero-order valence-corrected chi connectivity index (χ0v) is 19.8. The summed E-state index contributed by atoms with van der Waals surface area (Å²) in [6.45, 7) is 4.09. The monoisotopic (exact) mass is 452 g/mol. The zero-order chi connectivity index (χ0) is 23.5. The highest BCUT2D eigenvalue weighted by Gasteiger charge is 2.27. The summed E-state index contributed by atoms with van der Waals surface area (Å²) in [6.07, 6.45) is 0. The Morgan fingerprint density at radius 2 is 1.62 bits per heavy atom. The van der Waals surface area contributed by atoms with E-state index in [9.17, 15) is 13.2 Å². The van der Waals surface area contributed by atoms with Gasteiger partial charge in [-0.1, -0.05) is 42.5 Å². The van der Waals surface area contributed by atoms with Crippen LogP contribution in [0.15, 0.2) is 71.6 Å². The van der Waals surface area contributed by atoms with Gasteiger partial charge in [0.15, 0.2) is 0 Å². The summed E-state index contributed by atoms with van der Waals surface area (Å²) in [5.41, 5.74) is 3.89. The van der Waals surface area contributed by atoms with Crippen molar-refractivity contribution in [2.45, 2.75) is 25.3 Å². The Kier molecular flexibility index (Phi) is 7.01. The Morgan fingerprint density at radius 3 is 2.28 bits per heavy atom. The lowest BCUT2D eigenvalue weighted by atomic mass is 10.1. The van der Waals surface area contributed by atoms with Gasteiger partial charge in [-0.25, -0.2) is 8.42 Å². The number of amides is 1. The van der Waals surface area contributed by atoms with E-state index in [0.717, 1.165) is 22.4 Å². The largest absolute Gasteiger partial charge is 0.495 e. The molecule has 0 saturated carbocycles. The number of carbonyl (C=O) groups is 1. The molecule has 0 atom stereocenters. The maximum absolute atomic E-state index is 13.4. The molecule has 7 heteroatoms. The second-order valence-electron chi connectivity index (χ2n) is 7.77. The van der Waals surface area contributed by atoms with Crippen LogP contribution in [0.5, 0.6) is 5.75 Å². The van der Waals surface area contributed by atoms with E-state index in [1.807, 2.05) is 62.4 Å². The minimum atomic E-state index is -3.90. The van der Waals surface area contributed by atoms with Crippen LogP contribution in [-0.4, -0.2) is 39.8 Å². The fourth-order valence-corrected chi connectivity index (χ4v) is 4.82. The molecule has 0 fully saturated rings. The first-order valence-corrected chi connectivity index (χ1v) is 11.6. The van der Waals surface area contributed by atoms with Gasteiger partial charge < -0.3 is 9.64 Å². The summed E-state index contributed by atoms with van der Waals surface area (Å²) in [4.78, 5) is 14.7. The molecular formula is C25H28N2O4S. The topological polar surface area (TPSA) is 66.9 Å². The quantitative estimate of drug-likeness (QED) is 0.533. The number of hydrogen-bond acceptors (Lipinski definition) is 4. The standard InChI is InChI=1S/C25H28N2O4S/c1-18-11-12-19(2)22(15-18)27(4)25(28)21-13-14-23(31-5)24(16-21)32(29,30)26(3)17-20-9-7-6-8-10-20/h6-16H,17H2,1-5H3. The number of aryl methyl sites for hydroxylation is 2. The van der Waals surface area contributed by atoms with Gasteiger partial charge in [0, 0.05) is 31.9 Å². The molecule has 0 aromatic heterocycles. The van der Waals surface area contributed by atoms with Gasteiger partial charge in [0.05, 0.1) is 7.11 Å². The van der Waals surface area contributed by atoms with Gasteiger partial charge in [-0.05, 0) is 54.8 Å². The predicted molar refractivity (Wildman–Crippen MR) is 127 cm³/mol.